The van der Waals surface area contributed by atoms with Crippen molar-refractivity contribution in [2.45, 2.75) is 32.9 Å². The second-order valence-electron chi connectivity index (χ2n) is 5.35. The molecule has 1 heterocycles. The summed E-state index contributed by atoms with van der Waals surface area (Å²) >= 11 is 2.35. The van der Waals surface area contributed by atoms with Crippen molar-refractivity contribution in [1.82, 2.24) is 15.5 Å². The maximum absolute atomic E-state index is 4.17. The monoisotopic (exact) mass is 355 g/mol. The van der Waals surface area contributed by atoms with Gasteiger partial charge >= 0.3 is 0 Å². The van der Waals surface area contributed by atoms with Crippen molar-refractivity contribution in [3.8, 4) is 11.3 Å². The van der Waals surface area contributed by atoms with Gasteiger partial charge in [-0.2, -0.15) is 5.10 Å². The quantitative estimate of drug-likeness (QED) is 0.827. The van der Waals surface area contributed by atoms with E-state index in [4.69, 9.17) is 0 Å². The normalized spacial score (nSPS) is 11.8. The van der Waals surface area contributed by atoms with E-state index < -0.39 is 0 Å². The van der Waals surface area contributed by atoms with Gasteiger partial charge in [0.25, 0.3) is 0 Å². The van der Waals surface area contributed by atoms with Gasteiger partial charge in [0.15, 0.2) is 0 Å². The summed E-state index contributed by atoms with van der Waals surface area (Å²) in [5.74, 6) is 0. The van der Waals surface area contributed by atoms with Gasteiger partial charge in [-0.15, -0.1) is 0 Å². The first-order valence-electron chi connectivity index (χ1n) is 5.99. The number of H-pyrrole nitrogens is 1. The summed E-state index contributed by atoms with van der Waals surface area (Å²) in [6.07, 6.45) is 1.90. The van der Waals surface area contributed by atoms with Gasteiger partial charge in [0.05, 0.1) is 11.9 Å². The largest absolute Gasteiger partial charge is 0.308 e. The first kappa shape index (κ1) is 13.5. The van der Waals surface area contributed by atoms with E-state index in [9.17, 15) is 0 Å². The predicted octanol–water partition coefficient (Wildman–Crippen LogP) is 3.57. The molecule has 0 atom stereocenters. The van der Waals surface area contributed by atoms with E-state index in [1.165, 1.54) is 14.7 Å². The van der Waals surface area contributed by atoms with Gasteiger partial charge in [-0.25, -0.2) is 0 Å². The van der Waals surface area contributed by atoms with Gasteiger partial charge < -0.3 is 5.32 Å². The fraction of sp³-hybridized carbons (Fsp3) is 0.357. The van der Waals surface area contributed by atoms with Crippen LogP contribution in [0.5, 0.6) is 0 Å². The van der Waals surface area contributed by atoms with E-state index in [1.807, 2.05) is 6.20 Å². The zero-order valence-electron chi connectivity index (χ0n) is 10.9. The molecule has 2 N–H and O–H groups in total. The number of benzene rings is 1. The van der Waals surface area contributed by atoms with E-state index in [0.717, 1.165) is 12.2 Å². The van der Waals surface area contributed by atoms with Crippen molar-refractivity contribution in [1.29, 1.82) is 0 Å². The van der Waals surface area contributed by atoms with E-state index >= 15 is 0 Å². The Kier molecular flexibility index (Phi) is 4.07. The molecule has 96 valence electrons. The molecule has 3 nitrogen and oxygen atoms in total. The maximum atomic E-state index is 4.17. The van der Waals surface area contributed by atoms with Gasteiger partial charge in [0, 0.05) is 26.8 Å². The minimum Gasteiger partial charge on any atom is -0.308 e. The second kappa shape index (κ2) is 5.40. The molecule has 0 amide bonds. The number of halogens is 1. The Labute approximate surface area is 122 Å². The van der Waals surface area contributed by atoms with Crippen LogP contribution in [0.4, 0.5) is 0 Å². The summed E-state index contributed by atoms with van der Waals surface area (Å²) in [4.78, 5) is 0. The molecule has 0 radical (unpaired) electrons. The molecular formula is C14H18IN3. The van der Waals surface area contributed by atoms with E-state index in [-0.39, 0.29) is 5.54 Å². The predicted molar refractivity (Wildman–Crippen MR) is 83.3 cm³/mol. The molecule has 1 aromatic heterocycles. The Morgan fingerprint density at radius 1 is 1.28 bits per heavy atom. The van der Waals surface area contributed by atoms with Crippen LogP contribution in [0.3, 0.4) is 0 Å². The minimum absolute atomic E-state index is 0.110. The summed E-state index contributed by atoms with van der Waals surface area (Å²) < 4.78 is 1.23. The second-order valence-corrected chi connectivity index (χ2v) is 6.52. The Morgan fingerprint density at radius 3 is 2.67 bits per heavy atom. The number of aromatic nitrogens is 2. The number of aromatic amines is 1. The highest BCUT2D eigenvalue weighted by Crippen LogP contribution is 2.26. The number of hydrogen-bond donors (Lipinski definition) is 2. The van der Waals surface area contributed by atoms with Crippen LogP contribution in [0, 0.1) is 3.57 Å². The highest BCUT2D eigenvalue weighted by molar-refractivity contribution is 14.1. The molecule has 1 aromatic carbocycles. The van der Waals surface area contributed by atoms with Crippen molar-refractivity contribution in [2.75, 3.05) is 0 Å². The van der Waals surface area contributed by atoms with Crippen LogP contribution < -0.4 is 5.32 Å². The average Bonchev–Trinajstić information content (AvgIpc) is 2.74. The van der Waals surface area contributed by atoms with Crippen molar-refractivity contribution < 1.29 is 0 Å². The van der Waals surface area contributed by atoms with Gasteiger partial charge in [-0.05, 0) is 49.4 Å². The van der Waals surface area contributed by atoms with Crippen LogP contribution in [-0.4, -0.2) is 15.7 Å². The Balaban J connectivity index is 2.26. The molecule has 0 fully saturated rings. The molecule has 0 saturated carbocycles. The van der Waals surface area contributed by atoms with Crippen molar-refractivity contribution in [3.63, 3.8) is 0 Å². The molecule has 0 spiro atoms. The molecule has 0 unspecified atom stereocenters. The summed E-state index contributed by atoms with van der Waals surface area (Å²) in [6, 6.07) is 8.33. The third-order valence-corrected chi connectivity index (χ3v) is 3.61. The highest BCUT2D eigenvalue weighted by atomic mass is 127. The van der Waals surface area contributed by atoms with Crippen molar-refractivity contribution in [2.24, 2.45) is 0 Å². The van der Waals surface area contributed by atoms with E-state index in [0.29, 0.717) is 0 Å². The molecule has 4 heteroatoms. The van der Waals surface area contributed by atoms with Crippen molar-refractivity contribution >= 4 is 22.6 Å². The Morgan fingerprint density at radius 2 is 2.00 bits per heavy atom. The SMILES string of the molecule is CC(C)(C)NCc1cn[nH]c1-c1ccccc1I. The molecule has 0 saturated heterocycles. The highest BCUT2D eigenvalue weighted by Gasteiger charge is 2.13. The molecule has 0 aliphatic heterocycles. The first-order valence-corrected chi connectivity index (χ1v) is 7.07. The molecule has 2 rings (SSSR count). The molecular weight excluding hydrogens is 337 g/mol. The first-order chi connectivity index (χ1) is 8.47. The summed E-state index contributed by atoms with van der Waals surface area (Å²) in [5.41, 5.74) is 3.63. The lowest BCUT2D eigenvalue weighted by atomic mass is 10.1. The fourth-order valence-electron chi connectivity index (χ4n) is 1.70. The zero-order valence-corrected chi connectivity index (χ0v) is 13.1. The number of nitrogens with one attached hydrogen (secondary N) is 2. The minimum atomic E-state index is 0.110. The van der Waals surface area contributed by atoms with Crippen LogP contribution in [0.15, 0.2) is 30.5 Å². The number of hydrogen-bond acceptors (Lipinski definition) is 2. The molecule has 0 bridgehead atoms. The smallest absolute Gasteiger partial charge is 0.0705 e. The molecule has 2 aromatic rings. The zero-order chi connectivity index (χ0) is 13.2. The van der Waals surface area contributed by atoms with Crippen LogP contribution >= 0.6 is 22.6 Å². The lowest BCUT2D eigenvalue weighted by Gasteiger charge is -2.20. The lowest BCUT2D eigenvalue weighted by molar-refractivity contribution is 0.424. The summed E-state index contributed by atoms with van der Waals surface area (Å²) in [6.45, 7) is 7.32. The number of nitrogens with zero attached hydrogens (tertiary/aromatic N) is 1. The van der Waals surface area contributed by atoms with Gasteiger partial charge in [-0.1, -0.05) is 18.2 Å². The van der Waals surface area contributed by atoms with Crippen LogP contribution in [0.25, 0.3) is 11.3 Å². The maximum Gasteiger partial charge on any atom is 0.0705 e. The fourth-order valence-corrected chi connectivity index (χ4v) is 2.36. The third kappa shape index (κ3) is 3.32. The van der Waals surface area contributed by atoms with Crippen LogP contribution in [0.2, 0.25) is 0 Å². The molecule has 0 aliphatic rings. The van der Waals surface area contributed by atoms with Gasteiger partial charge in [0.1, 0.15) is 0 Å². The van der Waals surface area contributed by atoms with Gasteiger partial charge in [0.2, 0.25) is 0 Å². The Hall–Kier alpha value is -0.880. The van der Waals surface area contributed by atoms with E-state index in [1.54, 1.807) is 0 Å². The molecule has 18 heavy (non-hydrogen) atoms. The topological polar surface area (TPSA) is 40.7 Å². The summed E-state index contributed by atoms with van der Waals surface area (Å²) in [5, 5.41) is 10.8. The lowest BCUT2D eigenvalue weighted by Crippen LogP contribution is -2.35. The number of rotatable bonds is 3. The standard InChI is InChI=1S/C14H18IN3/c1-14(2,3)16-8-10-9-17-18-13(10)11-6-4-5-7-12(11)15/h4-7,9,16H,8H2,1-3H3,(H,17,18). The summed E-state index contributed by atoms with van der Waals surface area (Å²) in [7, 11) is 0. The third-order valence-electron chi connectivity index (χ3n) is 2.67. The Bertz CT molecular complexity index is 526. The van der Waals surface area contributed by atoms with Gasteiger partial charge in [-0.3, -0.25) is 5.10 Å². The van der Waals surface area contributed by atoms with E-state index in [2.05, 4.69) is 83.1 Å². The van der Waals surface area contributed by atoms with Crippen LogP contribution in [-0.2, 0) is 6.54 Å². The van der Waals surface area contributed by atoms with Crippen LogP contribution in [0.1, 0.15) is 26.3 Å². The average molecular weight is 355 g/mol. The molecule has 0 aliphatic carbocycles. The van der Waals surface area contributed by atoms with Crippen molar-refractivity contribution in [3.05, 3.63) is 39.6 Å².